The van der Waals surface area contributed by atoms with Gasteiger partial charge < -0.3 is 5.11 Å². The quantitative estimate of drug-likeness (QED) is 0.714. The molecule has 3 aromatic carbocycles. The van der Waals surface area contributed by atoms with Crippen LogP contribution in [0.5, 0.6) is 5.75 Å². The predicted octanol–water partition coefficient (Wildman–Crippen LogP) is 3.54. The minimum absolute atomic E-state index is 0.435. The molecule has 0 fully saturated rings. The Hall–Kier alpha value is -2.32. The monoisotopic (exact) mass is 318 g/mol. The molecule has 0 aliphatic carbocycles. The zero-order valence-electron chi connectivity index (χ0n) is 13.4. The van der Waals surface area contributed by atoms with Gasteiger partial charge in [-0.3, -0.25) is 0 Å². The Balaban J connectivity index is 2.02. The molecule has 1 N–H and O–H groups in total. The molecule has 3 aromatic rings. The summed E-state index contributed by atoms with van der Waals surface area (Å²) in [7, 11) is -0.615. The van der Waals surface area contributed by atoms with Crippen molar-refractivity contribution >= 4 is 14.7 Å². The van der Waals surface area contributed by atoms with E-state index in [0.29, 0.717) is 11.3 Å². The van der Waals surface area contributed by atoms with Gasteiger partial charge in [-0.25, -0.2) is 0 Å². The molecule has 0 heterocycles. The summed E-state index contributed by atoms with van der Waals surface area (Å²) in [5.41, 5.74) is 4.30. The van der Waals surface area contributed by atoms with E-state index >= 15 is 0 Å². The summed E-state index contributed by atoms with van der Waals surface area (Å²) >= 11 is 0. The van der Waals surface area contributed by atoms with Gasteiger partial charge in [-0.05, 0) is 29.2 Å². The van der Waals surface area contributed by atoms with Crippen molar-refractivity contribution < 1.29 is 5.11 Å². The molecule has 0 aliphatic rings. The fourth-order valence-electron chi connectivity index (χ4n) is 3.24. The van der Waals surface area contributed by atoms with E-state index in [1.54, 1.807) is 6.07 Å². The van der Waals surface area contributed by atoms with E-state index in [1.807, 2.05) is 6.07 Å². The Morgan fingerprint density at radius 1 is 0.783 bits per heavy atom. The maximum Gasteiger partial charge on any atom is 0.118 e. The van der Waals surface area contributed by atoms with Crippen LogP contribution in [0.1, 0.15) is 29.2 Å². The maximum absolute atomic E-state index is 10.2. The lowest BCUT2D eigenvalue weighted by atomic mass is 10.0. The van der Waals surface area contributed by atoms with Crippen molar-refractivity contribution in [2.75, 3.05) is 0 Å². The van der Waals surface area contributed by atoms with E-state index < -0.39 is 9.52 Å². The van der Waals surface area contributed by atoms with Crippen molar-refractivity contribution in [2.24, 2.45) is 0 Å². The molecule has 23 heavy (non-hydrogen) atoms. The first-order valence-electron chi connectivity index (χ1n) is 8.19. The van der Waals surface area contributed by atoms with Crippen molar-refractivity contribution in [3.05, 3.63) is 95.6 Å². The number of aromatic hydroxyl groups is 1. The van der Waals surface area contributed by atoms with Gasteiger partial charge in [-0.1, -0.05) is 84.9 Å². The number of phenols is 1. The molecule has 0 unspecified atom stereocenters. The Kier molecular flexibility index (Phi) is 4.94. The molecule has 0 aromatic heterocycles. The van der Waals surface area contributed by atoms with E-state index in [0.717, 1.165) is 12.0 Å². The first-order chi connectivity index (χ1) is 11.3. The van der Waals surface area contributed by atoms with Crippen LogP contribution < -0.4 is 5.19 Å². The smallest absolute Gasteiger partial charge is 0.118 e. The van der Waals surface area contributed by atoms with E-state index in [2.05, 4.69) is 73.7 Å². The summed E-state index contributed by atoms with van der Waals surface area (Å²) in [6.45, 7) is 2.12. The number of benzene rings is 3. The van der Waals surface area contributed by atoms with Crippen LogP contribution in [0, 0.1) is 0 Å². The Bertz CT molecular complexity index is 714. The highest BCUT2D eigenvalue weighted by Crippen LogP contribution is 2.24. The van der Waals surface area contributed by atoms with E-state index in [4.69, 9.17) is 0 Å². The molecule has 1 nitrogen and oxygen atoms in total. The van der Waals surface area contributed by atoms with E-state index in [1.165, 1.54) is 16.3 Å². The second kappa shape index (κ2) is 7.29. The average molecular weight is 318 g/mol. The second-order valence-corrected chi connectivity index (χ2v) is 7.83. The normalized spacial score (nSPS) is 11.4. The first-order valence-corrected chi connectivity index (χ1v) is 9.71. The number of hydrogen-bond donors (Lipinski definition) is 1. The van der Waals surface area contributed by atoms with Crippen LogP contribution >= 0.6 is 0 Å². The molecule has 0 radical (unpaired) electrons. The summed E-state index contributed by atoms with van der Waals surface area (Å²) in [4.78, 5) is 0. The van der Waals surface area contributed by atoms with Gasteiger partial charge in [0.15, 0.2) is 0 Å². The van der Waals surface area contributed by atoms with E-state index in [9.17, 15) is 5.11 Å². The molecule has 0 saturated heterocycles. The molecular formula is C21H22OSi. The van der Waals surface area contributed by atoms with Crippen LogP contribution in [0.4, 0.5) is 0 Å². The maximum atomic E-state index is 10.2. The van der Waals surface area contributed by atoms with Crippen molar-refractivity contribution in [3.63, 3.8) is 0 Å². The van der Waals surface area contributed by atoms with E-state index in [-0.39, 0.29) is 0 Å². The molecular weight excluding hydrogens is 296 g/mol. The summed E-state index contributed by atoms with van der Waals surface area (Å²) in [6, 6.07) is 27.5. The van der Waals surface area contributed by atoms with Gasteiger partial charge in [0, 0.05) is 5.54 Å². The largest absolute Gasteiger partial charge is 0.508 e. The third-order valence-electron chi connectivity index (χ3n) is 4.43. The highest BCUT2D eigenvalue weighted by molar-refractivity contribution is 6.56. The van der Waals surface area contributed by atoms with Crippen LogP contribution in [0.3, 0.4) is 0 Å². The van der Waals surface area contributed by atoms with Crippen molar-refractivity contribution in [1.82, 2.24) is 0 Å². The van der Waals surface area contributed by atoms with Crippen LogP contribution in [0.15, 0.2) is 78.9 Å². The van der Waals surface area contributed by atoms with Gasteiger partial charge in [-0.2, -0.15) is 0 Å². The van der Waals surface area contributed by atoms with Gasteiger partial charge in [0.05, 0.1) is 9.52 Å². The number of phenolic OH excluding ortho intramolecular Hbond substituents is 1. The highest BCUT2D eigenvalue weighted by atomic mass is 28.2. The van der Waals surface area contributed by atoms with Crippen molar-refractivity contribution in [3.8, 4) is 5.75 Å². The van der Waals surface area contributed by atoms with Gasteiger partial charge in [0.25, 0.3) is 0 Å². The van der Waals surface area contributed by atoms with Crippen molar-refractivity contribution in [1.29, 1.82) is 0 Å². The van der Waals surface area contributed by atoms with Crippen LogP contribution in [0.2, 0.25) is 0 Å². The molecule has 0 spiro atoms. The lowest BCUT2D eigenvalue weighted by Crippen LogP contribution is -2.26. The summed E-state index contributed by atoms with van der Waals surface area (Å²) < 4.78 is 0. The van der Waals surface area contributed by atoms with Crippen LogP contribution in [0.25, 0.3) is 0 Å². The molecule has 0 bridgehead atoms. The molecule has 0 amide bonds. The van der Waals surface area contributed by atoms with Crippen molar-refractivity contribution in [2.45, 2.75) is 18.9 Å². The lowest BCUT2D eigenvalue weighted by Gasteiger charge is -2.20. The lowest BCUT2D eigenvalue weighted by molar-refractivity contribution is 0.469. The molecule has 0 saturated carbocycles. The molecule has 3 rings (SSSR count). The predicted molar refractivity (Wildman–Crippen MR) is 100 cm³/mol. The third kappa shape index (κ3) is 3.54. The standard InChI is InChI=1S/C21H22OSi/c1-2-18-19(22)14-9-15-20(18)23-21(16-10-5-3-6-11-16)17-12-7-4-8-13-17/h3-15,21-22H,2,23H2,1H3. The van der Waals surface area contributed by atoms with Gasteiger partial charge in [0.2, 0.25) is 0 Å². The Morgan fingerprint density at radius 3 is 1.87 bits per heavy atom. The SMILES string of the molecule is CCc1c(O)cccc1[SiH2]C(c1ccccc1)c1ccccc1. The minimum atomic E-state index is -0.615. The Labute approximate surface area is 140 Å². The first kappa shape index (κ1) is 15.6. The third-order valence-corrected chi connectivity index (χ3v) is 6.88. The zero-order chi connectivity index (χ0) is 16.1. The van der Waals surface area contributed by atoms with Gasteiger partial charge in [-0.15, -0.1) is 0 Å². The minimum Gasteiger partial charge on any atom is -0.508 e. The molecule has 116 valence electrons. The summed E-state index contributed by atoms with van der Waals surface area (Å²) in [5, 5.41) is 11.5. The highest BCUT2D eigenvalue weighted by Gasteiger charge is 2.17. The van der Waals surface area contributed by atoms with Gasteiger partial charge in [0.1, 0.15) is 5.75 Å². The topological polar surface area (TPSA) is 20.2 Å². The fraction of sp³-hybridized carbons (Fsp3) is 0.143. The molecule has 2 heteroatoms. The Morgan fingerprint density at radius 2 is 1.35 bits per heavy atom. The fourth-order valence-corrected chi connectivity index (χ4v) is 5.64. The zero-order valence-corrected chi connectivity index (χ0v) is 14.9. The summed E-state index contributed by atoms with van der Waals surface area (Å²) in [6.07, 6.45) is 0.880. The molecule has 0 aliphatic heterocycles. The van der Waals surface area contributed by atoms with Crippen LogP contribution in [-0.4, -0.2) is 14.6 Å². The van der Waals surface area contributed by atoms with Crippen LogP contribution in [-0.2, 0) is 6.42 Å². The second-order valence-electron chi connectivity index (χ2n) is 5.85. The molecule has 0 atom stereocenters. The number of hydrogen-bond acceptors (Lipinski definition) is 1. The number of rotatable bonds is 5. The average Bonchev–Trinajstić information content (AvgIpc) is 2.61. The summed E-state index contributed by atoms with van der Waals surface area (Å²) in [5.74, 6) is 0.442. The van der Waals surface area contributed by atoms with Gasteiger partial charge >= 0.3 is 0 Å².